The third-order valence-electron chi connectivity index (χ3n) is 4.54. The van der Waals surface area contributed by atoms with Crippen molar-refractivity contribution in [2.45, 2.75) is 12.8 Å². The number of unbranched alkanes of at least 4 members (excludes halogenated alkanes) is 1. The molecule has 3 aromatic rings. The molecule has 1 N–H and O–H groups in total. The molecule has 0 spiro atoms. The first kappa shape index (κ1) is 18.4. The first-order chi connectivity index (χ1) is 13.9. The van der Waals surface area contributed by atoms with Crippen LogP contribution in [0.25, 0.3) is 10.9 Å². The van der Waals surface area contributed by atoms with Crippen LogP contribution in [0.5, 0.6) is 5.88 Å². The maximum Gasteiger partial charge on any atom is 0.224 e. The van der Waals surface area contributed by atoms with Crippen molar-refractivity contribution >= 4 is 22.7 Å². The molecule has 0 unspecified atom stereocenters. The summed E-state index contributed by atoms with van der Waals surface area (Å²) in [6.07, 6.45) is 7.12. The van der Waals surface area contributed by atoms with Crippen LogP contribution < -0.4 is 15.0 Å². The van der Waals surface area contributed by atoms with Gasteiger partial charge in [-0.15, -0.1) is 0 Å². The van der Waals surface area contributed by atoms with Crippen molar-refractivity contribution in [3.05, 3.63) is 42.9 Å². The molecule has 0 aromatic carbocycles. The molecule has 3 aromatic heterocycles. The number of ether oxygens (including phenoxy) is 2. The van der Waals surface area contributed by atoms with Gasteiger partial charge in [-0.05, 0) is 31.0 Å². The van der Waals surface area contributed by atoms with Crippen LogP contribution in [0, 0.1) is 0 Å². The van der Waals surface area contributed by atoms with Crippen LogP contribution in [0.2, 0.25) is 0 Å². The Morgan fingerprint density at radius 1 is 1.04 bits per heavy atom. The van der Waals surface area contributed by atoms with E-state index in [0.717, 1.165) is 62.4 Å². The summed E-state index contributed by atoms with van der Waals surface area (Å²) in [6, 6.07) is 7.74. The Hall–Kier alpha value is -3.00. The molecule has 0 atom stereocenters. The Balaban J connectivity index is 1.35. The van der Waals surface area contributed by atoms with Crippen molar-refractivity contribution in [1.29, 1.82) is 0 Å². The second-order valence-corrected chi connectivity index (χ2v) is 6.51. The Labute approximate surface area is 163 Å². The fourth-order valence-corrected chi connectivity index (χ4v) is 3.08. The van der Waals surface area contributed by atoms with E-state index in [1.54, 1.807) is 24.7 Å². The molecule has 8 heteroatoms. The standard InChI is InChI=1S/C20H24N6O2/c1(6-22-20-23-8-4-9-24-20)2-12-28-19-16-5-3-7-21-17(16)15-18(25-19)26-10-13-27-14-11-26/h3-5,7-9,15H,1-2,6,10-14H2,(H,22,23,24). The second kappa shape index (κ2) is 9.27. The van der Waals surface area contributed by atoms with Gasteiger partial charge < -0.3 is 19.7 Å². The number of morpholine rings is 1. The minimum atomic E-state index is 0.598. The van der Waals surface area contributed by atoms with Crippen molar-refractivity contribution in [2.75, 3.05) is 49.7 Å². The third-order valence-corrected chi connectivity index (χ3v) is 4.54. The lowest BCUT2D eigenvalue weighted by Gasteiger charge is -2.28. The zero-order chi connectivity index (χ0) is 19.0. The van der Waals surface area contributed by atoms with E-state index in [9.17, 15) is 0 Å². The van der Waals surface area contributed by atoms with E-state index in [4.69, 9.17) is 14.5 Å². The van der Waals surface area contributed by atoms with Crippen LogP contribution >= 0.6 is 0 Å². The SMILES string of the molecule is c1cnc(NCCCCOc2nc(N3CCOCC3)cc3ncccc23)nc1. The highest BCUT2D eigenvalue weighted by Gasteiger charge is 2.16. The van der Waals surface area contributed by atoms with Gasteiger partial charge in [-0.1, -0.05) is 0 Å². The summed E-state index contributed by atoms with van der Waals surface area (Å²) in [5.41, 5.74) is 0.900. The summed E-state index contributed by atoms with van der Waals surface area (Å²) in [6.45, 7) is 4.50. The Morgan fingerprint density at radius 2 is 1.86 bits per heavy atom. The first-order valence-corrected chi connectivity index (χ1v) is 9.62. The van der Waals surface area contributed by atoms with Gasteiger partial charge in [0.15, 0.2) is 0 Å². The lowest BCUT2D eigenvalue weighted by molar-refractivity contribution is 0.122. The van der Waals surface area contributed by atoms with E-state index < -0.39 is 0 Å². The van der Waals surface area contributed by atoms with Crippen LogP contribution in [0.15, 0.2) is 42.9 Å². The van der Waals surface area contributed by atoms with Crippen LogP contribution in [0.4, 0.5) is 11.8 Å². The van der Waals surface area contributed by atoms with Crippen molar-refractivity contribution in [3.8, 4) is 5.88 Å². The minimum Gasteiger partial charge on any atom is -0.477 e. The van der Waals surface area contributed by atoms with Crippen molar-refractivity contribution < 1.29 is 9.47 Å². The van der Waals surface area contributed by atoms with E-state index in [2.05, 4.69) is 25.2 Å². The molecular weight excluding hydrogens is 356 g/mol. The minimum absolute atomic E-state index is 0.598. The molecule has 8 nitrogen and oxygen atoms in total. The Kier molecular flexibility index (Phi) is 6.08. The van der Waals surface area contributed by atoms with Gasteiger partial charge in [0.2, 0.25) is 11.8 Å². The van der Waals surface area contributed by atoms with E-state index in [0.29, 0.717) is 18.4 Å². The lowest BCUT2D eigenvalue weighted by atomic mass is 10.2. The van der Waals surface area contributed by atoms with Crippen LogP contribution in [-0.4, -0.2) is 59.4 Å². The van der Waals surface area contributed by atoms with E-state index in [1.807, 2.05) is 18.2 Å². The van der Waals surface area contributed by atoms with Gasteiger partial charge in [-0.3, -0.25) is 4.98 Å². The summed E-state index contributed by atoms with van der Waals surface area (Å²) in [5.74, 6) is 2.19. The smallest absolute Gasteiger partial charge is 0.224 e. The van der Waals surface area contributed by atoms with Crippen molar-refractivity contribution in [3.63, 3.8) is 0 Å². The molecule has 0 saturated carbocycles. The molecule has 0 aliphatic carbocycles. The zero-order valence-electron chi connectivity index (χ0n) is 15.8. The van der Waals surface area contributed by atoms with Crippen molar-refractivity contribution in [2.24, 2.45) is 0 Å². The molecule has 28 heavy (non-hydrogen) atoms. The molecule has 0 radical (unpaired) electrons. The molecule has 1 aliphatic rings. The molecule has 1 saturated heterocycles. The molecule has 1 fully saturated rings. The Morgan fingerprint density at radius 3 is 2.71 bits per heavy atom. The number of rotatable bonds is 8. The highest BCUT2D eigenvalue weighted by atomic mass is 16.5. The molecule has 146 valence electrons. The van der Waals surface area contributed by atoms with Gasteiger partial charge in [-0.2, -0.15) is 4.98 Å². The van der Waals surface area contributed by atoms with Crippen molar-refractivity contribution in [1.82, 2.24) is 19.9 Å². The van der Waals surface area contributed by atoms with Gasteiger partial charge in [0, 0.05) is 44.3 Å². The molecule has 0 amide bonds. The quantitative estimate of drug-likeness (QED) is 0.597. The molecule has 4 heterocycles. The first-order valence-electron chi connectivity index (χ1n) is 9.62. The average Bonchev–Trinajstić information content (AvgIpc) is 2.77. The number of fused-ring (bicyclic) bond motifs is 1. The van der Waals surface area contributed by atoms with Gasteiger partial charge in [0.25, 0.3) is 0 Å². The average molecular weight is 380 g/mol. The Bertz CT molecular complexity index is 886. The topological polar surface area (TPSA) is 85.3 Å². The number of aromatic nitrogens is 4. The predicted molar refractivity (Wildman–Crippen MR) is 108 cm³/mol. The lowest BCUT2D eigenvalue weighted by Crippen LogP contribution is -2.36. The third kappa shape index (κ3) is 4.64. The zero-order valence-corrected chi connectivity index (χ0v) is 15.8. The molecule has 1 aliphatic heterocycles. The van der Waals surface area contributed by atoms with Gasteiger partial charge in [0.1, 0.15) is 5.82 Å². The fourth-order valence-electron chi connectivity index (χ4n) is 3.08. The molecule has 4 rings (SSSR count). The van der Waals surface area contributed by atoms with Crippen LogP contribution in [0.1, 0.15) is 12.8 Å². The highest BCUT2D eigenvalue weighted by Crippen LogP contribution is 2.27. The summed E-state index contributed by atoms with van der Waals surface area (Å²) >= 11 is 0. The number of nitrogens with one attached hydrogen (secondary N) is 1. The van der Waals surface area contributed by atoms with E-state index >= 15 is 0 Å². The number of hydrogen-bond donors (Lipinski definition) is 1. The van der Waals surface area contributed by atoms with Crippen LogP contribution in [-0.2, 0) is 4.74 Å². The predicted octanol–water partition coefficient (Wildman–Crippen LogP) is 2.53. The number of anilines is 2. The summed E-state index contributed by atoms with van der Waals surface area (Å²) in [4.78, 5) is 19.8. The summed E-state index contributed by atoms with van der Waals surface area (Å²) < 4.78 is 11.5. The van der Waals surface area contributed by atoms with Gasteiger partial charge >= 0.3 is 0 Å². The largest absolute Gasteiger partial charge is 0.477 e. The van der Waals surface area contributed by atoms with E-state index in [1.165, 1.54) is 0 Å². The monoisotopic (exact) mass is 380 g/mol. The maximum absolute atomic E-state index is 6.03. The second-order valence-electron chi connectivity index (χ2n) is 6.51. The maximum atomic E-state index is 6.03. The highest BCUT2D eigenvalue weighted by molar-refractivity contribution is 5.85. The number of pyridine rings is 2. The molecular formula is C20H24N6O2. The normalized spacial score (nSPS) is 14.2. The number of nitrogens with zero attached hydrogens (tertiary/aromatic N) is 5. The van der Waals surface area contributed by atoms with Gasteiger partial charge in [0.05, 0.1) is 30.7 Å². The van der Waals surface area contributed by atoms with Gasteiger partial charge in [-0.25, -0.2) is 9.97 Å². The molecule has 0 bridgehead atoms. The number of hydrogen-bond acceptors (Lipinski definition) is 8. The van der Waals surface area contributed by atoms with Crippen LogP contribution in [0.3, 0.4) is 0 Å². The van der Waals surface area contributed by atoms with E-state index in [-0.39, 0.29) is 0 Å². The summed E-state index contributed by atoms with van der Waals surface area (Å²) in [5, 5.41) is 4.14. The fraction of sp³-hybridized carbons (Fsp3) is 0.400. The summed E-state index contributed by atoms with van der Waals surface area (Å²) in [7, 11) is 0.